The Kier molecular flexibility index (Phi) is 4.90. The molecule has 1 saturated carbocycles. The summed E-state index contributed by atoms with van der Waals surface area (Å²) in [5.74, 6) is -0.909. The van der Waals surface area contributed by atoms with Gasteiger partial charge in [0.15, 0.2) is 0 Å². The third-order valence-electron chi connectivity index (χ3n) is 3.59. The summed E-state index contributed by atoms with van der Waals surface area (Å²) < 4.78 is 5.44. The molecule has 0 bridgehead atoms. The summed E-state index contributed by atoms with van der Waals surface area (Å²) in [6, 6.07) is 1.44. The zero-order valence-corrected chi connectivity index (χ0v) is 13.3. The van der Waals surface area contributed by atoms with Crippen molar-refractivity contribution >= 4 is 23.5 Å². The van der Waals surface area contributed by atoms with E-state index >= 15 is 0 Å². The van der Waals surface area contributed by atoms with Crippen LogP contribution in [0, 0.1) is 5.92 Å². The van der Waals surface area contributed by atoms with Gasteiger partial charge in [-0.3, -0.25) is 4.79 Å². The number of hydrogen-bond donors (Lipinski definition) is 2. The molecule has 0 saturated heterocycles. The summed E-state index contributed by atoms with van der Waals surface area (Å²) in [4.78, 5) is 27.5. The number of carboxylic acids is 1. The molecule has 1 amide bonds. The van der Waals surface area contributed by atoms with Gasteiger partial charge in [0.25, 0.3) is 5.91 Å². The summed E-state index contributed by atoms with van der Waals surface area (Å²) in [5, 5.41) is 12.0. The number of nitrogens with one attached hydrogen (secondary N) is 1. The van der Waals surface area contributed by atoms with E-state index in [-0.39, 0.29) is 16.5 Å². The molecule has 1 aliphatic rings. The van der Waals surface area contributed by atoms with Crippen LogP contribution in [0.2, 0.25) is 5.02 Å². The van der Waals surface area contributed by atoms with Crippen molar-refractivity contribution in [3.8, 4) is 5.88 Å². The Balaban J connectivity index is 2.07. The van der Waals surface area contributed by atoms with Gasteiger partial charge < -0.3 is 15.2 Å². The average molecular weight is 327 g/mol. The summed E-state index contributed by atoms with van der Waals surface area (Å²) in [7, 11) is 0. The van der Waals surface area contributed by atoms with Crippen LogP contribution in [0.1, 0.15) is 43.5 Å². The molecule has 2 N–H and O–H groups in total. The fraction of sp³-hybridized carbons (Fsp3) is 0.533. The number of nitrogens with zero attached hydrogens (tertiary/aromatic N) is 1. The van der Waals surface area contributed by atoms with E-state index in [1.54, 1.807) is 0 Å². The number of pyridine rings is 1. The fourth-order valence-electron chi connectivity index (χ4n) is 2.11. The number of aliphatic carboxylic acids is 1. The Morgan fingerprint density at radius 1 is 1.50 bits per heavy atom. The zero-order chi connectivity index (χ0) is 16.3. The molecule has 1 aliphatic carbocycles. The topological polar surface area (TPSA) is 88.5 Å². The number of amides is 1. The second kappa shape index (κ2) is 6.52. The Labute approximate surface area is 133 Å². The number of aromatic nitrogens is 1. The minimum Gasteiger partial charge on any atom is -0.480 e. The molecule has 7 heteroatoms. The van der Waals surface area contributed by atoms with Crippen molar-refractivity contribution in [2.45, 2.75) is 38.6 Å². The van der Waals surface area contributed by atoms with E-state index in [0.717, 1.165) is 6.42 Å². The van der Waals surface area contributed by atoms with Crippen LogP contribution in [0.15, 0.2) is 12.3 Å². The molecule has 1 fully saturated rings. The summed E-state index contributed by atoms with van der Waals surface area (Å²) in [5.41, 5.74) is -0.939. The van der Waals surface area contributed by atoms with Crippen molar-refractivity contribution in [3.63, 3.8) is 0 Å². The normalized spacial score (nSPS) is 16.0. The molecule has 2 rings (SSSR count). The Hall–Kier alpha value is -1.82. The lowest BCUT2D eigenvalue weighted by Crippen LogP contribution is -2.59. The molecule has 0 spiro atoms. The number of rotatable bonds is 6. The van der Waals surface area contributed by atoms with Crippen LogP contribution in [0.4, 0.5) is 0 Å². The molecule has 0 aromatic carbocycles. The second-order valence-electron chi connectivity index (χ2n) is 5.91. The molecule has 0 radical (unpaired) electrons. The molecule has 0 unspecified atom stereocenters. The molecule has 0 atom stereocenters. The van der Waals surface area contributed by atoms with Gasteiger partial charge in [0.2, 0.25) is 5.88 Å². The minimum atomic E-state index is -1.16. The molecule has 6 nitrogen and oxygen atoms in total. The Morgan fingerprint density at radius 2 is 2.18 bits per heavy atom. The summed E-state index contributed by atoms with van der Waals surface area (Å²) in [6.07, 6.45) is 2.99. The van der Waals surface area contributed by atoms with Crippen LogP contribution in [-0.2, 0) is 4.79 Å². The van der Waals surface area contributed by atoms with Crippen molar-refractivity contribution in [3.05, 3.63) is 22.8 Å². The molecule has 22 heavy (non-hydrogen) atoms. The zero-order valence-electron chi connectivity index (χ0n) is 12.6. The van der Waals surface area contributed by atoms with Crippen molar-refractivity contribution in [2.24, 2.45) is 5.92 Å². The van der Waals surface area contributed by atoms with E-state index in [9.17, 15) is 14.7 Å². The minimum absolute atomic E-state index is 0.217. The van der Waals surface area contributed by atoms with Crippen LogP contribution < -0.4 is 10.1 Å². The lowest BCUT2D eigenvalue weighted by atomic mass is 9.76. The van der Waals surface area contributed by atoms with Gasteiger partial charge in [-0.1, -0.05) is 25.4 Å². The van der Waals surface area contributed by atoms with E-state index in [4.69, 9.17) is 16.3 Å². The van der Waals surface area contributed by atoms with Gasteiger partial charge in [0, 0.05) is 6.20 Å². The Morgan fingerprint density at radius 3 is 2.64 bits per heavy atom. The lowest BCUT2D eigenvalue weighted by molar-refractivity contribution is -0.148. The number of ether oxygens (including phenoxy) is 1. The smallest absolute Gasteiger partial charge is 0.329 e. The van der Waals surface area contributed by atoms with Crippen molar-refractivity contribution < 1.29 is 19.4 Å². The van der Waals surface area contributed by atoms with Gasteiger partial charge in [-0.25, -0.2) is 9.78 Å². The molecule has 1 aromatic heterocycles. The van der Waals surface area contributed by atoms with E-state index < -0.39 is 17.4 Å². The highest BCUT2D eigenvalue weighted by molar-refractivity contribution is 6.32. The first kappa shape index (κ1) is 16.5. The molecular formula is C15H19ClN2O4. The third kappa shape index (κ3) is 3.50. The van der Waals surface area contributed by atoms with E-state index in [0.29, 0.717) is 25.4 Å². The predicted molar refractivity (Wildman–Crippen MR) is 81.3 cm³/mol. The van der Waals surface area contributed by atoms with Crippen molar-refractivity contribution in [2.75, 3.05) is 6.61 Å². The van der Waals surface area contributed by atoms with Crippen LogP contribution in [0.5, 0.6) is 5.88 Å². The molecule has 1 heterocycles. The molecule has 1 aromatic rings. The first-order valence-corrected chi connectivity index (χ1v) is 7.56. The molecule has 0 aliphatic heterocycles. The number of carbonyl (C=O) groups excluding carboxylic acids is 1. The largest absolute Gasteiger partial charge is 0.480 e. The Bertz CT molecular complexity index is 585. The average Bonchev–Trinajstić information content (AvgIpc) is 2.40. The molecular weight excluding hydrogens is 308 g/mol. The van der Waals surface area contributed by atoms with Gasteiger partial charge in [-0.2, -0.15) is 0 Å². The van der Waals surface area contributed by atoms with Gasteiger partial charge in [-0.15, -0.1) is 0 Å². The predicted octanol–water partition coefficient (Wildman–Crippen LogP) is 2.51. The standard InChI is InChI=1S/C15H19ClN2O4/c1-9(2)8-22-13-11(16)6-10(7-17-13)12(19)18-15(14(20)21)4-3-5-15/h6-7,9H,3-5,8H2,1-2H3,(H,18,19)(H,20,21). The quantitative estimate of drug-likeness (QED) is 0.838. The number of halogens is 1. The van der Waals surface area contributed by atoms with E-state index in [2.05, 4.69) is 10.3 Å². The maximum absolute atomic E-state index is 12.2. The summed E-state index contributed by atoms with van der Waals surface area (Å²) in [6.45, 7) is 4.47. The SMILES string of the molecule is CC(C)COc1ncc(C(=O)NC2(C(=O)O)CCC2)cc1Cl. The van der Waals surface area contributed by atoms with Gasteiger partial charge in [0.1, 0.15) is 10.6 Å². The number of hydrogen-bond acceptors (Lipinski definition) is 4. The highest BCUT2D eigenvalue weighted by Gasteiger charge is 2.45. The maximum atomic E-state index is 12.2. The van der Waals surface area contributed by atoms with Crippen LogP contribution in [0.25, 0.3) is 0 Å². The first-order chi connectivity index (χ1) is 10.3. The van der Waals surface area contributed by atoms with E-state index in [1.165, 1.54) is 12.3 Å². The van der Waals surface area contributed by atoms with Crippen LogP contribution in [0.3, 0.4) is 0 Å². The van der Waals surface area contributed by atoms with E-state index in [1.807, 2.05) is 13.8 Å². The van der Waals surface area contributed by atoms with Crippen molar-refractivity contribution in [1.29, 1.82) is 0 Å². The summed E-state index contributed by atoms with van der Waals surface area (Å²) >= 11 is 6.05. The number of carbonyl (C=O) groups is 2. The van der Waals surface area contributed by atoms with Gasteiger partial charge in [-0.05, 0) is 31.2 Å². The monoisotopic (exact) mass is 326 g/mol. The van der Waals surface area contributed by atoms with Crippen molar-refractivity contribution in [1.82, 2.24) is 10.3 Å². The second-order valence-corrected chi connectivity index (χ2v) is 6.32. The third-order valence-corrected chi connectivity index (χ3v) is 3.86. The highest BCUT2D eigenvalue weighted by Crippen LogP contribution is 2.32. The first-order valence-electron chi connectivity index (χ1n) is 7.18. The van der Waals surface area contributed by atoms with Gasteiger partial charge in [0.05, 0.1) is 12.2 Å². The van der Waals surface area contributed by atoms with Gasteiger partial charge >= 0.3 is 5.97 Å². The number of carboxylic acid groups (broad SMARTS) is 1. The molecule has 120 valence electrons. The lowest BCUT2D eigenvalue weighted by Gasteiger charge is -2.38. The highest BCUT2D eigenvalue weighted by atomic mass is 35.5. The van der Waals surface area contributed by atoms with Crippen LogP contribution in [-0.4, -0.2) is 34.1 Å². The maximum Gasteiger partial charge on any atom is 0.329 e. The van der Waals surface area contributed by atoms with Crippen LogP contribution >= 0.6 is 11.6 Å². The fourth-order valence-corrected chi connectivity index (χ4v) is 2.33.